The Kier molecular flexibility index (Phi) is 8.26. The molecule has 0 aliphatic heterocycles. The van der Waals surface area contributed by atoms with Gasteiger partial charge in [0.15, 0.2) is 0 Å². The van der Waals surface area contributed by atoms with Crippen molar-refractivity contribution in [3.05, 3.63) is 29.8 Å². The normalized spacial score (nSPS) is 11.8. The van der Waals surface area contributed by atoms with Crippen LogP contribution >= 0.6 is 0 Å². The van der Waals surface area contributed by atoms with Gasteiger partial charge in [-0.05, 0) is 24.8 Å². The summed E-state index contributed by atoms with van der Waals surface area (Å²) in [7, 11) is 0. The maximum atomic E-state index is 12.0. The fourth-order valence-electron chi connectivity index (χ4n) is 2.28. The number of para-hydroxylation sites is 1. The molecule has 0 heterocycles. The molecule has 4 nitrogen and oxygen atoms in total. The van der Waals surface area contributed by atoms with Gasteiger partial charge in [-0.3, -0.25) is 5.32 Å². The van der Waals surface area contributed by atoms with Crippen molar-refractivity contribution in [3.63, 3.8) is 0 Å². The number of ether oxygens (including phenoxy) is 1. The topological polar surface area (TPSA) is 62.2 Å². The Bertz CT molecular complexity index is 486. The van der Waals surface area contributed by atoms with E-state index in [1.54, 1.807) is 6.07 Å². The summed E-state index contributed by atoms with van der Waals surface area (Å²) in [5.41, 5.74) is 1.89. The van der Waals surface area contributed by atoms with Gasteiger partial charge in [-0.2, -0.15) is 0 Å². The molecule has 1 amide bonds. The molecule has 0 radical (unpaired) electrons. The Balaban J connectivity index is 2.56. The van der Waals surface area contributed by atoms with Crippen LogP contribution in [-0.4, -0.2) is 18.4 Å². The Morgan fingerprint density at radius 1 is 1.27 bits per heavy atom. The second-order valence-corrected chi connectivity index (χ2v) is 5.52. The van der Waals surface area contributed by atoms with Crippen molar-refractivity contribution in [1.29, 1.82) is 5.41 Å². The van der Waals surface area contributed by atoms with Gasteiger partial charge in [0.25, 0.3) is 0 Å². The third kappa shape index (κ3) is 5.88. The molecule has 0 aromatic heterocycles. The average Bonchev–Trinajstić information content (AvgIpc) is 2.54. The molecule has 1 aromatic rings. The minimum absolute atomic E-state index is 0.426. The summed E-state index contributed by atoms with van der Waals surface area (Å²) in [5.74, 6) is 0.426. The zero-order valence-corrected chi connectivity index (χ0v) is 13.9. The molecule has 2 N–H and O–H groups in total. The van der Waals surface area contributed by atoms with Gasteiger partial charge < -0.3 is 10.1 Å². The highest BCUT2D eigenvalue weighted by Crippen LogP contribution is 2.18. The summed E-state index contributed by atoms with van der Waals surface area (Å²) >= 11 is 0. The number of amides is 1. The lowest BCUT2D eigenvalue weighted by Gasteiger charge is -2.16. The third-order valence-corrected chi connectivity index (χ3v) is 3.84. The molecular formula is C18H28N2O2. The Morgan fingerprint density at radius 2 is 2.00 bits per heavy atom. The lowest BCUT2D eigenvalue weighted by atomic mass is 10.0. The first-order chi connectivity index (χ1) is 10.6. The Labute approximate surface area is 133 Å². The van der Waals surface area contributed by atoms with E-state index >= 15 is 0 Å². The van der Waals surface area contributed by atoms with Crippen molar-refractivity contribution >= 4 is 17.5 Å². The molecule has 22 heavy (non-hydrogen) atoms. The van der Waals surface area contributed by atoms with Crippen molar-refractivity contribution in [1.82, 2.24) is 0 Å². The van der Waals surface area contributed by atoms with Crippen LogP contribution in [0.3, 0.4) is 0 Å². The van der Waals surface area contributed by atoms with Crippen LogP contribution in [0.1, 0.15) is 58.4 Å². The number of carbonyl (C=O) groups is 1. The van der Waals surface area contributed by atoms with Crippen LogP contribution < -0.4 is 5.32 Å². The summed E-state index contributed by atoms with van der Waals surface area (Å²) in [6, 6.07) is 7.36. The van der Waals surface area contributed by atoms with E-state index in [9.17, 15) is 4.79 Å². The summed E-state index contributed by atoms with van der Waals surface area (Å²) in [4.78, 5) is 12.0. The first kappa shape index (κ1) is 18.2. The molecule has 1 rings (SSSR count). The smallest absolute Gasteiger partial charge is 0.411 e. The van der Waals surface area contributed by atoms with Crippen LogP contribution in [0.2, 0.25) is 0 Å². The second-order valence-electron chi connectivity index (χ2n) is 5.52. The van der Waals surface area contributed by atoms with E-state index in [4.69, 9.17) is 10.1 Å². The largest absolute Gasteiger partial charge is 0.449 e. The van der Waals surface area contributed by atoms with Crippen molar-refractivity contribution in [2.75, 3.05) is 11.9 Å². The number of anilines is 1. The highest BCUT2D eigenvalue weighted by molar-refractivity contribution is 6.05. The molecule has 1 unspecified atom stereocenters. The van der Waals surface area contributed by atoms with Crippen LogP contribution in [0.4, 0.5) is 10.5 Å². The first-order valence-corrected chi connectivity index (χ1v) is 8.22. The summed E-state index contributed by atoms with van der Waals surface area (Å²) < 4.78 is 5.34. The number of benzene rings is 1. The fourth-order valence-corrected chi connectivity index (χ4v) is 2.28. The molecule has 1 aromatic carbocycles. The van der Waals surface area contributed by atoms with Crippen LogP contribution in [-0.2, 0) is 4.74 Å². The lowest BCUT2D eigenvalue weighted by Crippen LogP contribution is -2.20. The maximum Gasteiger partial charge on any atom is 0.411 e. The van der Waals surface area contributed by atoms with Gasteiger partial charge in [0, 0.05) is 11.3 Å². The number of hydrogen-bond donors (Lipinski definition) is 2. The Hall–Kier alpha value is -1.84. The van der Waals surface area contributed by atoms with Gasteiger partial charge in [-0.15, -0.1) is 0 Å². The molecule has 0 aliphatic carbocycles. The molecule has 0 saturated heterocycles. The van der Waals surface area contributed by atoms with Crippen molar-refractivity contribution in [2.45, 2.75) is 52.9 Å². The molecule has 0 fully saturated rings. The molecule has 1 atom stereocenters. The van der Waals surface area contributed by atoms with Gasteiger partial charge in [0.1, 0.15) is 0 Å². The van der Waals surface area contributed by atoms with Crippen LogP contribution in [0, 0.1) is 11.3 Å². The third-order valence-electron chi connectivity index (χ3n) is 3.84. The quantitative estimate of drug-likeness (QED) is 0.614. The predicted molar refractivity (Wildman–Crippen MR) is 91.8 cm³/mol. The van der Waals surface area contributed by atoms with E-state index in [1.807, 2.05) is 25.1 Å². The van der Waals surface area contributed by atoms with Gasteiger partial charge in [0.2, 0.25) is 0 Å². The zero-order valence-electron chi connectivity index (χ0n) is 13.9. The summed E-state index contributed by atoms with van der Waals surface area (Å²) in [6.45, 7) is 6.67. The Morgan fingerprint density at radius 3 is 2.64 bits per heavy atom. The van der Waals surface area contributed by atoms with Gasteiger partial charge >= 0.3 is 6.09 Å². The van der Waals surface area contributed by atoms with Crippen molar-refractivity contribution in [3.8, 4) is 0 Å². The van der Waals surface area contributed by atoms with Crippen LogP contribution in [0.25, 0.3) is 0 Å². The number of nitrogens with one attached hydrogen (secondary N) is 2. The second kappa shape index (κ2) is 9.98. The van der Waals surface area contributed by atoms with E-state index in [0.29, 0.717) is 30.3 Å². The highest BCUT2D eigenvalue weighted by Gasteiger charge is 2.12. The molecular weight excluding hydrogens is 276 g/mol. The maximum absolute atomic E-state index is 12.0. The fraction of sp³-hybridized carbons (Fsp3) is 0.556. The number of rotatable bonds is 9. The summed E-state index contributed by atoms with van der Waals surface area (Å²) in [6.07, 6.45) is 4.63. The number of hydrogen-bond acceptors (Lipinski definition) is 3. The summed E-state index contributed by atoms with van der Waals surface area (Å²) in [5, 5.41) is 10.7. The van der Waals surface area contributed by atoms with Gasteiger partial charge in [-0.25, -0.2) is 4.79 Å². The van der Waals surface area contributed by atoms with Crippen molar-refractivity contribution in [2.24, 2.45) is 5.92 Å². The first-order valence-electron chi connectivity index (χ1n) is 8.22. The minimum Gasteiger partial charge on any atom is -0.449 e. The van der Waals surface area contributed by atoms with Crippen LogP contribution in [0.15, 0.2) is 24.3 Å². The van der Waals surface area contributed by atoms with E-state index in [0.717, 1.165) is 24.8 Å². The molecule has 0 bridgehead atoms. The SMILES string of the molecule is CCCCC(CC)COC(=O)Nc1ccccc1C(=N)CC. The average molecular weight is 304 g/mol. The van der Waals surface area contributed by atoms with E-state index in [1.165, 1.54) is 6.42 Å². The monoisotopic (exact) mass is 304 g/mol. The van der Waals surface area contributed by atoms with Crippen molar-refractivity contribution < 1.29 is 9.53 Å². The molecule has 4 heteroatoms. The highest BCUT2D eigenvalue weighted by atomic mass is 16.5. The van der Waals surface area contributed by atoms with E-state index < -0.39 is 6.09 Å². The molecule has 0 aliphatic rings. The number of unbranched alkanes of at least 4 members (excludes halogenated alkanes) is 1. The van der Waals surface area contributed by atoms with E-state index in [2.05, 4.69) is 19.2 Å². The predicted octanol–water partition coefficient (Wildman–Crippen LogP) is 5.23. The van der Waals surface area contributed by atoms with Gasteiger partial charge in [-0.1, -0.05) is 58.2 Å². The number of carbonyl (C=O) groups excluding carboxylic acids is 1. The minimum atomic E-state index is -0.439. The van der Waals surface area contributed by atoms with Gasteiger partial charge in [0.05, 0.1) is 12.3 Å². The standard InChI is InChI=1S/C18H28N2O2/c1-4-7-10-14(5-2)13-22-18(21)20-17-12-9-8-11-15(17)16(19)6-3/h8-9,11-12,14,19H,4-7,10,13H2,1-3H3,(H,20,21). The zero-order chi connectivity index (χ0) is 16.4. The van der Waals surface area contributed by atoms with E-state index in [-0.39, 0.29) is 0 Å². The van der Waals surface area contributed by atoms with Crippen LogP contribution in [0.5, 0.6) is 0 Å². The molecule has 0 saturated carbocycles. The molecule has 122 valence electrons. The molecule has 0 spiro atoms. The lowest BCUT2D eigenvalue weighted by molar-refractivity contribution is 0.136.